The summed E-state index contributed by atoms with van der Waals surface area (Å²) in [6.45, 7) is 14.6. The predicted molar refractivity (Wildman–Crippen MR) is 142 cm³/mol. The topological polar surface area (TPSA) is 32.3 Å². The average molecular weight is 450 g/mol. The molecule has 182 valence electrons. The summed E-state index contributed by atoms with van der Waals surface area (Å²) in [6.07, 6.45) is 7.60. The standard InChI is InChI=1S/C31H47NO/c1-7-30(8-2,9-3)25-17-13-23(14-18-25)29(28-21-27(33)22-32-28)24-15-19-26(20-16-24)31(10-4,11-5)12-6/h13-20,27-29,32-33H,7-12,21-22H2,1-6H3. The number of β-amino-alcohol motifs (C(OH)–C–C–N with tert-alkyl or cyclic N) is 1. The van der Waals surface area contributed by atoms with Crippen LogP contribution in [-0.2, 0) is 10.8 Å². The Hall–Kier alpha value is -1.64. The molecule has 2 N–H and O–H groups in total. The smallest absolute Gasteiger partial charge is 0.0679 e. The molecule has 3 rings (SSSR count). The van der Waals surface area contributed by atoms with E-state index in [1.54, 1.807) is 0 Å². The minimum atomic E-state index is -0.253. The van der Waals surface area contributed by atoms with Gasteiger partial charge in [-0.2, -0.15) is 0 Å². The molecule has 0 bridgehead atoms. The zero-order valence-corrected chi connectivity index (χ0v) is 22.0. The summed E-state index contributed by atoms with van der Waals surface area (Å²) in [5.74, 6) is 0.254. The first-order chi connectivity index (χ1) is 15.9. The van der Waals surface area contributed by atoms with Crippen LogP contribution in [0.2, 0.25) is 0 Å². The fraction of sp³-hybridized carbons (Fsp3) is 0.613. The molecule has 33 heavy (non-hydrogen) atoms. The van der Waals surface area contributed by atoms with Crippen molar-refractivity contribution >= 4 is 0 Å². The van der Waals surface area contributed by atoms with E-state index in [4.69, 9.17) is 0 Å². The van der Waals surface area contributed by atoms with Crippen LogP contribution in [0.3, 0.4) is 0 Å². The molecular formula is C31H47NO. The highest BCUT2D eigenvalue weighted by atomic mass is 16.3. The number of hydrogen-bond donors (Lipinski definition) is 2. The zero-order valence-electron chi connectivity index (χ0n) is 22.0. The van der Waals surface area contributed by atoms with Gasteiger partial charge in [0.1, 0.15) is 0 Å². The second-order valence-corrected chi connectivity index (χ2v) is 10.3. The van der Waals surface area contributed by atoms with E-state index in [0.717, 1.165) is 6.42 Å². The van der Waals surface area contributed by atoms with Gasteiger partial charge in [-0.05, 0) is 78.0 Å². The monoisotopic (exact) mass is 449 g/mol. The highest BCUT2D eigenvalue weighted by Crippen LogP contribution is 2.39. The lowest BCUT2D eigenvalue weighted by Crippen LogP contribution is -2.30. The third-order valence-electron chi connectivity index (χ3n) is 9.37. The Balaban J connectivity index is 1.98. The molecule has 1 fully saturated rings. The molecule has 2 heteroatoms. The maximum Gasteiger partial charge on any atom is 0.0679 e. The van der Waals surface area contributed by atoms with Crippen LogP contribution in [0.15, 0.2) is 48.5 Å². The van der Waals surface area contributed by atoms with Crippen LogP contribution < -0.4 is 5.32 Å². The first-order valence-electron chi connectivity index (χ1n) is 13.5. The lowest BCUT2D eigenvalue weighted by molar-refractivity contribution is 0.192. The molecular weight excluding hydrogens is 402 g/mol. The maximum absolute atomic E-state index is 10.3. The summed E-state index contributed by atoms with van der Waals surface area (Å²) in [5, 5.41) is 13.9. The summed E-state index contributed by atoms with van der Waals surface area (Å²) in [6, 6.07) is 19.1. The fourth-order valence-electron chi connectivity index (χ4n) is 6.47. The Morgan fingerprint density at radius 2 is 1.06 bits per heavy atom. The SMILES string of the molecule is CCC(CC)(CC)c1ccc(C(c2ccc(C(CC)(CC)CC)cc2)C2CC(O)CN2)cc1. The van der Waals surface area contributed by atoms with E-state index in [1.165, 1.54) is 60.8 Å². The molecule has 1 heterocycles. The van der Waals surface area contributed by atoms with E-state index in [-0.39, 0.29) is 28.9 Å². The number of aliphatic hydroxyl groups is 1. The quantitative estimate of drug-likeness (QED) is 0.373. The van der Waals surface area contributed by atoms with Gasteiger partial charge in [0.05, 0.1) is 6.10 Å². The van der Waals surface area contributed by atoms with E-state index in [9.17, 15) is 5.11 Å². The van der Waals surface area contributed by atoms with Crippen molar-refractivity contribution in [3.8, 4) is 0 Å². The molecule has 0 radical (unpaired) electrons. The summed E-state index contributed by atoms with van der Waals surface area (Å²) >= 11 is 0. The minimum Gasteiger partial charge on any atom is -0.392 e. The van der Waals surface area contributed by atoms with Gasteiger partial charge >= 0.3 is 0 Å². The van der Waals surface area contributed by atoms with Gasteiger partial charge in [-0.15, -0.1) is 0 Å². The zero-order chi connectivity index (χ0) is 24.1. The van der Waals surface area contributed by atoms with Crippen molar-refractivity contribution < 1.29 is 5.11 Å². The van der Waals surface area contributed by atoms with Gasteiger partial charge in [0.15, 0.2) is 0 Å². The number of aliphatic hydroxyl groups excluding tert-OH is 1. The Morgan fingerprint density at radius 1 is 0.697 bits per heavy atom. The van der Waals surface area contributed by atoms with Gasteiger partial charge < -0.3 is 10.4 Å². The molecule has 0 spiro atoms. The van der Waals surface area contributed by atoms with Crippen molar-refractivity contribution in [1.29, 1.82) is 0 Å². The van der Waals surface area contributed by atoms with Crippen molar-refractivity contribution in [2.45, 2.75) is 115 Å². The summed E-state index contributed by atoms with van der Waals surface area (Å²) < 4.78 is 0. The molecule has 2 aromatic carbocycles. The Bertz CT molecular complexity index is 765. The van der Waals surface area contributed by atoms with Crippen molar-refractivity contribution in [1.82, 2.24) is 5.32 Å². The van der Waals surface area contributed by atoms with Crippen LogP contribution in [0, 0.1) is 0 Å². The second kappa shape index (κ2) is 11.2. The van der Waals surface area contributed by atoms with Crippen LogP contribution in [0.25, 0.3) is 0 Å². The molecule has 0 aromatic heterocycles. The number of nitrogens with one attached hydrogen (secondary N) is 1. The molecule has 0 aliphatic carbocycles. The Labute approximate surface area is 203 Å². The van der Waals surface area contributed by atoms with E-state index in [2.05, 4.69) is 95.4 Å². The van der Waals surface area contributed by atoms with E-state index >= 15 is 0 Å². The Morgan fingerprint density at radius 3 is 1.33 bits per heavy atom. The molecule has 1 aliphatic heterocycles. The molecule has 0 saturated carbocycles. The van der Waals surface area contributed by atoms with Crippen molar-refractivity contribution in [3.05, 3.63) is 70.8 Å². The van der Waals surface area contributed by atoms with Gasteiger partial charge in [-0.25, -0.2) is 0 Å². The van der Waals surface area contributed by atoms with Crippen LogP contribution in [-0.4, -0.2) is 23.8 Å². The molecule has 2 atom stereocenters. The van der Waals surface area contributed by atoms with Crippen LogP contribution in [0.4, 0.5) is 0 Å². The first kappa shape index (κ1) is 26.0. The van der Waals surface area contributed by atoms with Gasteiger partial charge in [-0.3, -0.25) is 0 Å². The lowest BCUT2D eigenvalue weighted by atomic mass is 9.72. The Kier molecular flexibility index (Phi) is 8.81. The van der Waals surface area contributed by atoms with Crippen LogP contribution in [0.5, 0.6) is 0 Å². The first-order valence-corrected chi connectivity index (χ1v) is 13.5. The average Bonchev–Trinajstić information content (AvgIpc) is 3.29. The van der Waals surface area contributed by atoms with Gasteiger partial charge in [-0.1, -0.05) is 90.1 Å². The van der Waals surface area contributed by atoms with Crippen molar-refractivity contribution in [2.24, 2.45) is 0 Å². The van der Waals surface area contributed by atoms with Crippen molar-refractivity contribution in [2.75, 3.05) is 6.54 Å². The third-order valence-corrected chi connectivity index (χ3v) is 9.37. The predicted octanol–water partition coefficient (Wildman–Crippen LogP) is 7.48. The van der Waals surface area contributed by atoms with Crippen LogP contribution in [0.1, 0.15) is 115 Å². The fourth-order valence-corrected chi connectivity index (χ4v) is 6.47. The molecule has 0 amide bonds. The molecule has 2 unspecified atom stereocenters. The normalized spacial score (nSPS) is 19.4. The largest absolute Gasteiger partial charge is 0.392 e. The third kappa shape index (κ3) is 5.08. The van der Waals surface area contributed by atoms with Crippen molar-refractivity contribution in [3.63, 3.8) is 0 Å². The minimum absolute atomic E-state index is 0.253. The molecule has 2 aromatic rings. The number of benzene rings is 2. The molecule has 2 nitrogen and oxygen atoms in total. The highest BCUT2D eigenvalue weighted by molar-refractivity contribution is 5.40. The van der Waals surface area contributed by atoms with Crippen LogP contribution >= 0.6 is 0 Å². The maximum atomic E-state index is 10.3. The van der Waals surface area contributed by atoms with Gasteiger partial charge in [0, 0.05) is 18.5 Å². The molecule has 1 aliphatic rings. The van der Waals surface area contributed by atoms with E-state index in [0.29, 0.717) is 6.54 Å². The summed E-state index contributed by atoms with van der Waals surface area (Å²) in [7, 11) is 0. The lowest BCUT2D eigenvalue weighted by Gasteiger charge is -2.33. The molecule has 1 saturated heterocycles. The number of hydrogen-bond acceptors (Lipinski definition) is 2. The summed E-state index contributed by atoms with van der Waals surface area (Å²) in [4.78, 5) is 0. The highest BCUT2D eigenvalue weighted by Gasteiger charge is 2.33. The summed E-state index contributed by atoms with van der Waals surface area (Å²) in [5.41, 5.74) is 6.19. The number of rotatable bonds is 11. The van der Waals surface area contributed by atoms with E-state index < -0.39 is 0 Å². The van der Waals surface area contributed by atoms with E-state index in [1.807, 2.05) is 0 Å². The van der Waals surface area contributed by atoms with Gasteiger partial charge in [0.2, 0.25) is 0 Å². The second-order valence-electron chi connectivity index (χ2n) is 10.3. The van der Waals surface area contributed by atoms with Gasteiger partial charge in [0.25, 0.3) is 0 Å².